The van der Waals surface area contributed by atoms with E-state index >= 15 is 0 Å². The third kappa shape index (κ3) is 3.76. The minimum atomic E-state index is -3.76. The van der Waals surface area contributed by atoms with E-state index in [-0.39, 0.29) is 16.4 Å². The lowest BCUT2D eigenvalue weighted by Crippen LogP contribution is -2.12. The first-order chi connectivity index (χ1) is 12.4. The molecule has 0 fully saturated rings. The van der Waals surface area contributed by atoms with Crippen LogP contribution >= 0.6 is 0 Å². The molecule has 0 aliphatic heterocycles. The summed E-state index contributed by atoms with van der Waals surface area (Å²) in [4.78, 5) is 12.4. The molecule has 0 aliphatic carbocycles. The molecule has 0 radical (unpaired) electrons. The zero-order valence-corrected chi connectivity index (χ0v) is 14.7. The molecule has 2 aromatic carbocycles. The standard InChI is InChI=1S/C18H16N4O3S/c1-13-18(17(23)12-7-14-5-3-2-4-6-14)20-21-22(13)15-8-10-16(11-9-15)26(19,24)25/h2-12H,1H3,(H2,19,24,25). The Kier molecular flexibility index (Phi) is 4.79. The van der Waals surface area contributed by atoms with Crippen LogP contribution < -0.4 is 5.14 Å². The number of primary sulfonamides is 1. The van der Waals surface area contributed by atoms with E-state index in [2.05, 4.69) is 10.3 Å². The molecule has 0 aliphatic rings. The van der Waals surface area contributed by atoms with Gasteiger partial charge in [0, 0.05) is 0 Å². The van der Waals surface area contributed by atoms with Gasteiger partial charge in [-0.3, -0.25) is 4.79 Å². The van der Waals surface area contributed by atoms with Crippen LogP contribution in [0.1, 0.15) is 21.7 Å². The second-order valence-electron chi connectivity index (χ2n) is 5.58. The summed E-state index contributed by atoms with van der Waals surface area (Å²) in [5.41, 5.74) is 2.27. The van der Waals surface area contributed by atoms with Gasteiger partial charge in [-0.1, -0.05) is 41.6 Å². The normalized spacial score (nSPS) is 11.8. The maximum atomic E-state index is 12.4. The highest BCUT2D eigenvalue weighted by atomic mass is 32.2. The highest BCUT2D eigenvalue weighted by Gasteiger charge is 2.16. The zero-order valence-electron chi connectivity index (χ0n) is 13.9. The molecule has 1 heterocycles. The Balaban J connectivity index is 1.86. The van der Waals surface area contributed by atoms with Gasteiger partial charge in [-0.25, -0.2) is 18.2 Å². The van der Waals surface area contributed by atoms with Gasteiger partial charge in [0.05, 0.1) is 16.3 Å². The fourth-order valence-corrected chi connectivity index (χ4v) is 2.91. The Morgan fingerprint density at radius 2 is 1.73 bits per heavy atom. The molecule has 2 N–H and O–H groups in total. The number of aromatic nitrogens is 3. The molecule has 26 heavy (non-hydrogen) atoms. The van der Waals surface area contributed by atoms with Gasteiger partial charge in [0.25, 0.3) is 0 Å². The molecule has 0 bridgehead atoms. The summed E-state index contributed by atoms with van der Waals surface area (Å²) in [7, 11) is -3.76. The fraction of sp³-hybridized carbons (Fsp3) is 0.0556. The molecule has 0 atom stereocenters. The highest BCUT2D eigenvalue weighted by Crippen LogP contribution is 2.16. The summed E-state index contributed by atoms with van der Waals surface area (Å²) in [5, 5.41) is 13.0. The van der Waals surface area contributed by atoms with Crippen molar-refractivity contribution in [3.8, 4) is 5.69 Å². The topological polar surface area (TPSA) is 108 Å². The molecule has 3 rings (SSSR count). The molecule has 132 valence electrons. The molecular weight excluding hydrogens is 352 g/mol. The molecular formula is C18H16N4O3S. The highest BCUT2D eigenvalue weighted by molar-refractivity contribution is 7.89. The summed E-state index contributed by atoms with van der Waals surface area (Å²) in [6.45, 7) is 1.72. The molecule has 0 saturated heterocycles. The number of carbonyl (C=O) groups excluding carboxylic acids is 1. The van der Waals surface area contributed by atoms with Crippen molar-refractivity contribution in [2.45, 2.75) is 11.8 Å². The molecule has 8 heteroatoms. The lowest BCUT2D eigenvalue weighted by atomic mass is 10.1. The van der Waals surface area contributed by atoms with Crippen LogP contribution in [0, 0.1) is 6.92 Å². The molecule has 0 amide bonds. The summed E-state index contributed by atoms with van der Waals surface area (Å²) in [6.07, 6.45) is 3.16. The monoisotopic (exact) mass is 368 g/mol. The van der Waals surface area contributed by atoms with Crippen molar-refractivity contribution in [2.75, 3.05) is 0 Å². The fourth-order valence-electron chi connectivity index (χ4n) is 2.39. The molecule has 1 aromatic heterocycles. The number of allylic oxidation sites excluding steroid dienone is 1. The number of hydrogen-bond acceptors (Lipinski definition) is 5. The van der Waals surface area contributed by atoms with Crippen molar-refractivity contribution in [1.29, 1.82) is 0 Å². The largest absolute Gasteiger partial charge is 0.287 e. The summed E-state index contributed by atoms with van der Waals surface area (Å²) in [5.74, 6) is -0.265. The van der Waals surface area contributed by atoms with E-state index in [4.69, 9.17) is 5.14 Å². The summed E-state index contributed by atoms with van der Waals surface area (Å²) >= 11 is 0. The third-order valence-corrected chi connectivity index (χ3v) is 4.69. The Morgan fingerprint density at radius 1 is 1.08 bits per heavy atom. The predicted octanol–water partition coefficient (Wildman–Crippen LogP) is 2.12. The Labute approximate surface area is 150 Å². The van der Waals surface area contributed by atoms with Gasteiger partial charge in [0.15, 0.2) is 5.69 Å². The maximum absolute atomic E-state index is 12.4. The van der Waals surface area contributed by atoms with Crippen molar-refractivity contribution >= 4 is 21.9 Å². The number of carbonyl (C=O) groups is 1. The first kappa shape index (κ1) is 17.7. The number of sulfonamides is 1. The van der Waals surface area contributed by atoms with Crippen LogP contribution in [0.2, 0.25) is 0 Å². The average molecular weight is 368 g/mol. The van der Waals surface area contributed by atoms with Crippen molar-refractivity contribution < 1.29 is 13.2 Å². The number of hydrogen-bond donors (Lipinski definition) is 1. The average Bonchev–Trinajstić information content (AvgIpc) is 3.01. The lowest BCUT2D eigenvalue weighted by molar-refractivity contribution is 0.104. The van der Waals surface area contributed by atoms with Crippen LogP contribution in [-0.4, -0.2) is 29.2 Å². The Hall–Kier alpha value is -3.10. The molecule has 0 saturated carbocycles. The lowest BCUT2D eigenvalue weighted by Gasteiger charge is -2.04. The van der Waals surface area contributed by atoms with E-state index in [1.54, 1.807) is 25.1 Å². The van der Waals surface area contributed by atoms with E-state index in [1.165, 1.54) is 22.9 Å². The van der Waals surface area contributed by atoms with E-state index < -0.39 is 10.0 Å². The van der Waals surface area contributed by atoms with E-state index in [0.717, 1.165) is 5.56 Å². The van der Waals surface area contributed by atoms with Gasteiger partial charge in [-0.05, 0) is 42.8 Å². The minimum absolute atomic E-state index is 0.00103. The van der Waals surface area contributed by atoms with Crippen LogP contribution in [0.5, 0.6) is 0 Å². The minimum Gasteiger partial charge on any atom is -0.287 e. The quantitative estimate of drug-likeness (QED) is 0.548. The zero-order chi connectivity index (χ0) is 18.7. The maximum Gasteiger partial charge on any atom is 0.238 e. The van der Waals surface area contributed by atoms with Crippen LogP contribution in [0.25, 0.3) is 11.8 Å². The van der Waals surface area contributed by atoms with E-state index in [0.29, 0.717) is 11.4 Å². The van der Waals surface area contributed by atoms with Crippen molar-refractivity contribution in [1.82, 2.24) is 15.0 Å². The van der Waals surface area contributed by atoms with E-state index in [1.807, 2.05) is 30.3 Å². The first-order valence-corrected chi connectivity index (χ1v) is 9.24. The van der Waals surface area contributed by atoms with Gasteiger partial charge in [0.1, 0.15) is 0 Å². The van der Waals surface area contributed by atoms with Crippen LogP contribution in [0.15, 0.2) is 65.6 Å². The molecule has 0 spiro atoms. The van der Waals surface area contributed by atoms with Gasteiger partial charge in [0.2, 0.25) is 15.8 Å². The van der Waals surface area contributed by atoms with Crippen molar-refractivity contribution in [3.63, 3.8) is 0 Å². The number of benzene rings is 2. The molecule has 0 unspecified atom stereocenters. The van der Waals surface area contributed by atoms with Gasteiger partial charge >= 0.3 is 0 Å². The van der Waals surface area contributed by atoms with E-state index in [9.17, 15) is 13.2 Å². The summed E-state index contributed by atoms with van der Waals surface area (Å²) < 4.78 is 24.1. The van der Waals surface area contributed by atoms with Crippen molar-refractivity contribution in [2.24, 2.45) is 5.14 Å². The predicted molar refractivity (Wildman–Crippen MR) is 97.3 cm³/mol. The van der Waals surface area contributed by atoms with Crippen LogP contribution in [0.3, 0.4) is 0 Å². The second-order valence-corrected chi connectivity index (χ2v) is 7.14. The summed E-state index contributed by atoms with van der Waals surface area (Å²) in [6, 6.07) is 15.3. The number of nitrogens with zero attached hydrogens (tertiary/aromatic N) is 3. The molecule has 7 nitrogen and oxygen atoms in total. The Bertz CT molecular complexity index is 1070. The van der Waals surface area contributed by atoms with Crippen LogP contribution in [-0.2, 0) is 10.0 Å². The first-order valence-electron chi connectivity index (χ1n) is 7.69. The third-order valence-electron chi connectivity index (χ3n) is 3.76. The SMILES string of the molecule is Cc1c(C(=O)C=Cc2ccccc2)nnn1-c1ccc(S(N)(=O)=O)cc1. The number of ketones is 1. The number of nitrogens with two attached hydrogens (primary N) is 1. The molecule has 3 aromatic rings. The second kappa shape index (κ2) is 7.03. The van der Waals surface area contributed by atoms with Crippen molar-refractivity contribution in [3.05, 3.63) is 77.6 Å². The Morgan fingerprint density at radius 3 is 2.35 bits per heavy atom. The van der Waals surface area contributed by atoms with Crippen LogP contribution in [0.4, 0.5) is 0 Å². The van der Waals surface area contributed by atoms with Gasteiger partial charge < -0.3 is 0 Å². The van der Waals surface area contributed by atoms with Gasteiger partial charge in [-0.15, -0.1) is 5.10 Å². The van der Waals surface area contributed by atoms with Gasteiger partial charge in [-0.2, -0.15) is 0 Å². The number of rotatable bonds is 5. The smallest absolute Gasteiger partial charge is 0.238 e.